The standard InChI is InChI=1S/C17H25NO4/c1-5-13(14-6-8-15(22-4)9-7-14)10-16(19)18(3)11-12(2)17(20)21/h6-9,12-13H,5,10-11H2,1-4H3,(H,20,21). The molecule has 122 valence electrons. The van der Waals surface area contributed by atoms with Crippen molar-refractivity contribution in [2.45, 2.75) is 32.6 Å². The first kappa shape index (κ1) is 18.0. The topological polar surface area (TPSA) is 66.8 Å². The fourth-order valence-corrected chi connectivity index (χ4v) is 2.33. The van der Waals surface area contributed by atoms with E-state index >= 15 is 0 Å². The molecular formula is C17H25NO4. The van der Waals surface area contributed by atoms with Crippen molar-refractivity contribution in [1.29, 1.82) is 0 Å². The summed E-state index contributed by atoms with van der Waals surface area (Å²) < 4.78 is 5.14. The summed E-state index contributed by atoms with van der Waals surface area (Å²) in [5.74, 6) is -0.564. The average Bonchev–Trinajstić information content (AvgIpc) is 2.52. The van der Waals surface area contributed by atoms with Crippen molar-refractivity contribution >= 4 is 11.9 Å². The summed E-state index contributed by atoms with van der Waals surface area (Å²) in [4.78, 5) is 24.6. The van der Waals surface area contributed by atoms with Crippen LogP contribution in [-0.2, 0) is 9.59 Å². The van der Waals surface area contributed by atoms with Crippen LogP contribution in [0.15, 0.2) is 24.3 Å². The largest absolute Gasteiger partial charge is 0.497 e. The third kappa shape index (κ3) is 5.06. The molecule has 22 heavy (non-hydrogen) atoms. The molecule has 1 aromatic carbocycles. The number of nitrogens with zero attached hydrogens (tertiary/aromatic N) is 1. The van der Waals surface area contributed by atoms with Gasteiger partial charge in [-0.25, -0.2) is 0 Å². The molecule has 5 heteroatoms. The second-order valence-electron chi connectivity index (χ2n) is 5.60. The fraction of sp³-hybridized carbons (Fsp3) is 0.529. The number of hydrogen-bond acceptors (Lipinski definition) is 3. The molecule has 0 saturated heterocycles. The molecule has 0 aliphatic heterocycles. The number of amides is 1. The normalized spacial score (nSPS) is 13.3. The maximum Gasteiger partial charge on any atom is 0.308 e. The Morgan fingerprint density at radius 1 is 1.27 bits per heavy atom. The molecule has 0 radical (unpaired) electrons. The highest BCUT2D eigenvalue weighted by Gasteiger charge is 2.20. The zero-order valence-corrected chi connectivity index (χ0v) is 13.7. The lowest BCUT2D eigenvalue weighted by molar-refractivity contribution is -0.142. The molecule has 1 amide bonds. The van der Waals surface area contributed by atoms with Crippen LogP contribution in [0.25, 0.3) is 0 Å². The highest BCUT2D eigenvalue weighted by molar-refractivity contribution is 5.78. The maximum absolute atomic E-state index is 12.3. The van der Waals surface area contributed by atoms with Crippen molar-refractivity contribution in [3.05, 3.63) is 29.8 Å². The number of rotatable bonds is 8. The van der Waals surface area contributed by atoms with Gasteiger partial charge in [0.2, 0.25) is 5.91 Å². The molecule has 2 unspecified atom stereocenters. The van der Waals surface area contributed by atoms with Crippen LogP contribution < -0.4 is 4.74 Å². The monoisotopic (exact) mass is 307 g/mol. The van der Waals surface area contributed by atoms with Crippen LogP contribution >= 0.6 is 0 Å². The van der Waals surface area contributed by atoms with Gasteiger partial charge in [-0.05, 0) is 30.0 Å². The van der Waals surface area contributed by atoms with E-state index < -0.39 is 11.9 Å². The van der Waals surface area contributed by atoms with Crippen molar-refractivity contribution in [2.24, 2.45) is 5.92 Å². The van der Waals surface area contributed by atoms with Gasteiger partial charge in [0.25, 0.3) is 0 Å². The van der Waals surface area contributed by atoms with E-state index in [2.05, 4.69) is 0 Å². The van der Waals surface area contributed by atoms with Gasteiger partial charge in [0.1, 0.15) is 5.75 Å². The lowest BCUT2D eigenvalue weighted by Gasteiger charge is -2.22. The summed E-state index contributed by atoms with van der Waals surface area (Å²) in [6.45, 7) is 3.88. The van der Waals surface area contributed by atoms with Gasteiger partial charge in [-0.3, -0.25) is 9.59 Å². The predicted octanol–water partition coefficient (Wildman–Crippen LogP) is 2.76. The summed E-state index contributed by atoms with van der Waals surface area (Å²) in [6, 6.07) is 7.72. The smallest absolute Gasteiger partial charge is 0.308 e. The maximum atomic E-state index is 12.3. The molecule has 1 N–H and O–H groups in total. The zero-order valence-electron chi connectivity index (χ0n) is 13.7. The minimum Gasteiger partial charge on any atom is -0.497 e. The molecule has 0 aliphatic carbocycles. The van der Waals surface area contributed by atoms with Gasteiger partial charge in [0.05, 0.1) is 13.0 Å². The highest BCUT2D eigenvalue weighted by atomic mass is 16.5. The van der Waals surface area contributed by atoms with E-state index in [0.717, 1.165) is 17.7 Å². The first-order chi connectivity index (χ1) is 10.4. The number of ether oxygens (including phenoxy) is 1. The molecular weight excluding hydrogens is 282 g/mol. The second-order valence-corrected chi connectivity index (χ2v) is 5.60. The third-order valence-electron chi connectivity index (χ3n) is 3.90. The van der Waals surface area contributed by atoms with Crippen LogP contribution in [0.5, 0.6) is 5.75 Å². The van der Waals surface area contributed by atoms with Crippen LogP contribution in [-0.4, -0.2) is 42.6 Å². The molecule has 0 heterocycles. The Kier molecular flexibility index (Phi) is 6.89. The first-order valence-electron chi connectivity index (χ1n) is 7.49. The Morgan fingerprint density at radius 3 is 2.32 bits per heavy atom. The number of hydrogen-bond donors (Lipinski definition) is 1. The van der Waals surface area contributed by atoms with Gasteiger partial charge in [0.15, 0.2) is 0 Å². The first-order valence-corrected chi connectivity index (χ1v) is 7.49. The molecule has 1 rings (SSSR count). The summed E-state index contributed by atoms with van der Waals surface area (Å²) in [5, 5.41) is 8.92. The number of methoxy groups -OCH3 is 1. The molecule has 5 nitrogen and oxygen atoms in total. The van der Waals surface area contributed by atoms with Crippen molar-refractivity contribution in [2.75, 3.05) is 20.7 Å². The van der Waals surface area contributed by atoms with Gasteiger partial charge in [0, 0.05) is 20.0 Å². The van der Waals surface area contributed by atoms with Crippen LogP contribution in [0.3, 0.4) is 0 Å². The average molecular weight is 307 g/mol. The minimum atomic E-state index is -0.887. The minimum absolute atomic E-state index is 0.0317. The third-order valence-corrected chi connectivity index (χ3v) is 3.90. The summed E-state index contributed by atoms with van der Waals surface area (Å²) in [5.41, 5.74) is 1.09. The summed E-state index contributed by atoms with van der Waals surface area (Å²) in [7, 11) is 3.27. The number of carboxylic acid groups (broad SMARTS) is 1. The molecule has 0 fully saturated rings. The van der Waals surface area contributed by atoms with Crippen LogP contribution in [0.4, 0.5) is 0 Å². The van der Waals surface area contributed by atoms with Gasteiger partial charge < -0.3 is 14.7 Å². The lowest BCUT2D eigenvalue weighted by Crippen LogP contribution is -2.34. The molecule has 2 atom stereocenters. The van der Waals surface area contributed by atoms with Crippen LogP contribution in [0.1, 0.15) is 38.2 Å². The van der Waals surface area contributed by atoms with E-state index in [1.54, 1.807) is 21.1 Å². The molecule has 0 bridgehead atoms. The highest BCUT2D eigenvalue weighted by Crippen LogP contribution is 2.26. The van der Waals surface area contributed by atoms with Gasteiger partial charge in [-0.1, -0.05) is 26.0 Å². The number of aliphatic carboxylic acids is 1. The quantitative estimate of drug-likeness (QED) is 0.802. The summed E-state index contributed by atoms with van der Waals surface area (Å²) in [6.07, 6.45) is 1.23. The Labute approximate surface area is 131 Å². The Balaban J connectivity index is 2.67. The number of carboxylic acids is 1. The Bertz CT molecular complexity index is 498. The van der Waals surface area contributed by atoms with Crippen molar-refractivity contribution in [3.63, 3.8) is 0 Å². The van der Waals surface area contributed by atoms with Crippen molar-refractivity contribution < 1.29 is 19.4 Å². The van der Waals surface area contributed by atoms with E-state index in [0.29, 0.717) is 6.42 Å². The van der Waals surface area contributed by atoms with E-state index in [1.807, 2.05) is 31.2 Å². The van der Waals surface area contributed by atoms with E-state index in [-0.39, 0.29) is 18.4 Å². The molecule has 0 aliphatic rings. The Hall–Kier alpha value is -2.04. The zero-order chi connectivity index (χ0) is 16.7. The molecule has 1 aromatic rings. The van der Waals surface area contributed by atoms with Gasteiger partial charge in [-0.2, -0.15) is 0 Å². The van der Waals surface area contributed by atoms with E-state index in [9.17, 15) is 9.59 Å². The fourth-order valence-electron chi connectivity index (χ4n) is 2.33. The molecule has 0 aromatic heterocycles. The van der Waals surface area contributed by atoms with Crippen LogP contribution in [0.2, 0.25) is 0 Å². The summed E-state index contributed by atoms with van der Waals surface area (Å²) >= 11 is 0. The van der Waals surface area contributed by atoms with Gasteiger partial charge in [-0.15, -0.1) is 0 Å². The second kappa shape index (κ2) is 8.41. The SMILES string of the molecule is CCC(CC(=O)N(C)CC(C)C(=O)O)c1ccc(OC)cc1. The van der Waals surface area contributed by atoms with Gasteiger partial charge >= 0.3 is 5.97 Å². The van der Waals surface area contributed by atoms with Crippen LogP contribution in [0, 0.1) is 5.92 Å². The Morgan fingerprint density at radius 2 is 1.86 bits per heavy atom. The number of carbonyl (C=O) groups is 2. The van der Waals surface area contributed by atoms with Crippen molar-refractivity contribution in [1.82, 2.24) is 4.90 Å². The molecule has 0 spiro atoms. The molecule has 0 saturated carbocycles. The number of benzene rings is 1. The van der Waals surface area contributed by atoms with E-state index in [1.165, 1.54) is 4.90 Å². The predicted molar refractivity (Wildman–Crippen MR) is 85.1 cm³/mol. The van der Waals surface area contributed by atoms with E-state index in [4.69, 9.17) is 9.84 Å². The lowest BCUT2D eigenvalue weighted by atomic mass is 9.92. The number of carbonyl (C=O) groups excluding carboxylic acids is 1. The van der Waals surface area contributed by atoms with Crippen molar-refractivity contribution in [3.8, 4) is 5.75 Å².